The maximum Gasteiger partial charge on any atom is 0.269 e. The zero-order valence-corrected chi connectivity index (χ0v) is 19.0. The van der Waals surface area contributed by atoms with Crippen molar-refractivity contribution in [2.45, 2.75) is 10.9 Å². The first-order valence-electron chi connectivity index (χ1n) is 10.3. The Morgan fingerprint density at radius 1 is 1.15 bits per heavy atom. The zero-order valence-electron chi connectivity index (χ0n) is 18.2. The highest BCUT2D eigenvalue weighted by Gasteiger charge is 2.25. The smallest absolute Gasteiger partial charge is 0.269 e. The van der Waals surface area contributed by atoms with E-state index in [9.17, 15) is 12.8 Å². The molecule has 0 fully saturated rings. The summed E-state index contributed by atoms with van der Waals surface area (Å²) in [4.78, 5) is 8.10. The maximum atomic E-state index is 14.7. The molecule has 4 aromatic rings. The molecule has 2 N–H and O–H groups in total. The number of rotatable bonds is 8. The molecule has 0 aliphatic carbocycles. The van der Waals surface area contributed by atoms with E-state index in [0.717, 1.165) is 3.97 Å². The van der Waals surface area contributed by atoms with Crippen molar-refractivity contribution in [2.24, 2.45) is 0 Å². The molecule has 172 valence electrons. The SMILES string of the molecule is CNC(CNc1ccc(C#N)cn1)c1cc(-c2ccccc2F)n(S(=O)(=O)c2cccnc2)c1. The lowest BCUT2D eigenvalue weighted by molar-refractivity contribution is 0.586. The predicted molar refractivity (Wildman–Crippen MR) is 126 cm³/mol. The van der Waals surface area contributed by atoms with Gasteiger partial charge in [0.2, 0.25) is 0 Å². The van der Waals surface area contributed by atoms with Crippen LogP contribution in [0.15, 0.2) is 84.3 Å². The van der Waals surface area contributed by atoms with Gasteiger partial charge in [-0.25, -0.2) is 21.8 Å². The molecular formula is C24H21FN6O2S. The Balaban J connectivity index is 1.73. The molecule has 1 atom stereocenters. The molecule has 1 unspecified atom stereocenters. The van der Waals surface area contributed by atoms with Gasteiger partial charge < -0.3 is 10.6 Å². The minimum Gasteiger partial charge on any atom is -0.368 e. The molecule has 0 amide bonds. The summed E-state index contributed by atoms with van der Waals surface area (Å²) in [5.41, 5.74) is 1.45. The first-order chi connectivity index (χ1) is 16.4. The van der Waals surface area contributed by atoms with Crippen LogP contribution in [0.4, 0.5) is 10.2 Å². The lowest BCUT2D eigenvalue weighted by Gasteiger charge is -2.16. The third-order valence-electron chi connectivity index (χ3n) is 5.28. The molecule has 1 aromatic carbocycles. The third-order valence-corrected chi connectivity index (χ3v) is 6.94. The van der Waals surface area contributed by atoms with Crippen molar-refractivity contribution in [3.05, 3.63) is 96.3 Å². The van der Waals surface area contributed by atoms with E-state index in [2.05, 4.69) is 20.6 Å². The Morgan fingerprint density at radius 3 is 2.62 bits per heavy atom. The normalized spacial score (nSPS) is 12.1. The fourth-order valence-corrected chi connectivity index (χ4v) is 4.83. The van der Waals surface area contributed by atoms with E-state index in [1.165, 1.54) is 49.1 Å². The minimum absolute atomic E-state index is 0.00402. The highest BCUT2D eigenvalue weighted by atomic mass is 32.2. The van der Waals surface area contributed by atoms with Crippen LogP contribution in [0.2, 0.25) is 0 Å². The number of anilines is 1. The topological polar surface area (TPSA) is 113 Å². The van der Waals surface area contributed by atoms with Crippen molar-refractivity contribution in [3.63, 3.8) is 0 Å². The standard InChI is InChI=1S/C24H21FN6O2S/c1-27-22(15-30-24-9-8-17(12-26)13-29-24)18-11-23(20-6-2-3-7-21(20)25)31(16-18)34(32,33)19-5-4-10-28-14-19/h2-11,13-14,16,22,27H,15H2,1H3,(H,29,30). The van der Waals surface area contributed by atoms with Crippen LogP contribution in [0.25, 0.3) is 11.3 Å². The average Bonchev–Trinajstić information content (AvgIpc) is 3.31. The van der Waals surface area contributed by atoms with Crippen molar-refractivity contribution in [2.75, 3.05) is 18.9 Å². The van der Waals surface area contributed by atoms with Gasteiger partial charge in [0.25, 0.3) is 10.0 Å². The molecular weight excluding hydrogens is 455 g/mol. The quantitative estimate of drug-likeness (QED) is 0.400. The maximum absolute atomic E-state index is 14.7. The number of nitrogens with one attached hydrogen (secondary N) is 2. The van der Waals surface area contributed by atoms with Crippen LogP contribution < -0.4 is 10.6 Å². The average molecular weight is 477 g/mol. The Hall–Kier alpha value is -4.07. The van der Waals surface area contributed by atoms with Crippen LogP contribution in [-0.2, 0) is 10.0 Å². The molecule has 8 nitrogen and oxygen atoms in total. The van der Waals surface area contributed by atoms with E-state index >= 15 is 0 Å². The minimum atomic E-state index is -4.03. The lowest BCUT2D eigenvalue weighted by Crippen LogP contribution is -2.24. The summed E-state index contributed by atoms with van der Waals surface area (Å²) in [7, 11) is -2.29. The van der Waals surface area contributed by atoms with Gasteiger partial charge in [-0.05, 0) is 55.1 Å². The van der Waals surface area contributed by atoms with Crippen LogP contribution in [0, 0.1) is 17.1 Å². The fourth-order valence-electron chi connectivity index (χ4n) is 3.49. The number of aromatic nitrogens is 3. The second kappa shape index (κ2) is 9.82. The number of hydrogen-bond acceptors (Lipinski definition) is 7. The number of likely N-dealkylation sites (N-methyl/N-ethyl adjacent to an activating group) is 1. The summed E-state index contributed by atoms with van der Waals surface area (Å²) in [6.45, 7) is 0.364. The largest absolute Gasteiger partial charge is 0.368 e. The van der Waals surface area contributed by atoms with E-state index in [1.807, 2.05) is 6.07 Å². The Bertz CT molecular complexity index is 1430. The Kier molecular flexibility index (Phi) is 6.67. The molecule has 4 rings (SSSR count). The van der Waals surface area contributed by atoms with Crippen LogP contribution in [0.3, 0.4) is 0 Å². The second-order valence-electron chi connectivity index (χ2n) is 7.39. The molecule has 0 saturated heterocycles. The van der Waals surface area contributed by atoms with E-state index in [0.29, 0.717) is 23.5 Å². The van der Waals surface area contributed by atoms with Gasteiger partial charge in [0.05, 0.1) is 17.3 Å². The van der Waals surface area contributed by atoms with Crippen LogP contribution in [0.5, 0.6) is 0 Å². The number of hydrogen-bond donors (Lipinski definition) is 2. The van der Waals surface area contributed by atoms with Crippen LogP contribution in [-0.4, -0.2) is 36.0 Å². The predicted octanol–water partition coefficient (Wildman–Crippen LogP) is 3.57. The molecule has 0 aliphatic rings. The highest BCUT2D eigenvalue weighted by Crippen LogP contribution is 2.31. The van der Waals surface area contributed by atoms with Crippen molar-refractivity contribution in [1.82, 2.24) is 19.3 Å². The molecule has 0 spiro atoms. The molecule has 34 heavy (non-hydrogen) atoms. The van der Waals surface area contributed by atoms with Crippen molar-refractivity contribution < 1.29 is 12.8 Å². The van der Waals surface area contributed by atoms with Gasteiger partial charge in [0.1, 0.15) is 22.6 Å². The van der Waals surface area contributed by atoms with Crippen LogP contribution >= 0.6 is 0 Å². The molecule has 0 radical (unpaired) electrons. The number of halogens is 1. The van der Waals surface area contributed by atoms with Gasteiger partial charge in [0.15, 0.2) is 0 Å². The molecule has 3 aromatic heterocycles. The van der Waals surface area contributed by atoms with E-state index in [4.69, 9.17) is 5.26 Å². The van der Waals surface area contributed by atoms with E-state index in [1.54, 1.807) is 37.4 Å². The fraction of sp³-hybridized carbons (Fsp3) is 0.125. The highest BCUT2D eigenvalue weighted by molar-refractivity contribution is 7.90. The molecule has 0 bridgehead atoms. The van der Waals surface area contributed by atoms with Crippen molar-refractivity contribution in [1.29, 1.82) is 5.26 Å². The Labute approximate surface area is 196 Å². The van der Waals surface area contributed by atoms with Gasteiger partial charge in [-0.1, -0.05) is 12.1 Å². The second-order valence-corrected chi connectivity index (χ2v) is 9.21. The summed E-state index contributed by atoms with van der Waals surface area (Å²) in [6, 6.07) is 15.7. The summed E-state index contributed by atoms with van der Waals surface area (Å²) in [6.07, 6.45) is 5.69. The summed E-state index contributed by atoms with van der Waals surface area (Å²) >= 11 is 0. The van der Waals surface area contributed by atoms with Gasteiger partial charge in [-0.2, -0.15) is 5.26 Å². The molecule has 3 heterocycles. The van der Waals surface area contributed by atoms with Crippen molar-refractivity contribution >= 4 is 15.8 Å². The van der Waals surface area contributed by atoms with E-state index in [-0.39, 0.29) is 22.2 Å². The van der Waals surface area contributed by atoms with Gasteiger partial charge in [-0.3, -0.25) is 4.98 Å². The van der Waals surface area contributed by atoms with E-state index < -0.39 is 15.8 Å². The Morgan fingerprint density at radius 2 is 1.97 bits per heavy atom. The molecule has 10 heteroatoms. The number of nitrogens with zero attached hydrogens (tertiary/aromatic N) is 4. The zero-order chi connectivity index (χ0) is 24.1. The first kappa shape index (κ1) is 23.1. The van der Waals surface area contributed by atoms with Crippen LogP contribution in [0.1, 0.15) is 17.2 Å². The number of pyridine rings is 2. The first-order valence-corrected chi connectivity index (χ1v) is 11.8. The summed E-state index contributed by atoms with van der Waals surface area (Å²) < 4.78 is 42.6. The van der Waals surface area contributed by atoms with Gasteiger partial charge in [0, 0.05) is 36.9 Å². The lowest BCUT2D eigenvalue weighted by atomic mass is 10.1. The molecule has 0 aliphatic heterocycles. The van der Waals surface area contributed by atoms with Crippen molar-refractivity contribution in [3.8, 4) is 17.3 Å². The summed E-state index contributed by atoms with van der Waals surface area (Å²) in [5, 5.41) is 15.2. The number of nitriles is 1. The molecule has 0 saturated carbocycles. The van der Waals surface area contributed by atoms with Gasteiger partial charge in [-0.15, -0.1) is 0 Å². The van der Waals surface area contributed by atoms with Gasteiger partial charge >= 0.3 is 0 Å². The summed E-state index contributed by atoms with van der Waals surface area (Å²) in [5.74, 6) is 0.0340. The number of benzene rings is 1. The monoisotopic (exact) mass is 476 g/mol. The third kappa shape index (κ3) is 4.66.